The molecular formula is C10H10OS2. The van der Waals surface area contributed by atoms with Gasteiger partial charge in [0.05, 0.1) is 6.61 Å². The number of thiol groups is 1. The van der Waals surface area contributed by atoms with E-state index in [4.69, 9.17) is 0 Å². The molecule has 0 aliphatic carbocycles. The summed E-state index contributed by atoms with van der Waals surface area (Å²) < 4.78 is 1.19. The van der Waals surface area contributed by atoms with Crippen LogP contribution in [-0.4, -0.2) is 5.11 Å². The van der Waals surface area contributed by atoms with Gasteiger partial charge < -0.3 is 5.11 Å². The third-order valence-corrected chi connectivity index (χ3v) is 3.70. The summed E-state index contributed by atoms with van der Waals surface area (Å²) in [6, 6.07) is 4.12. The standard InChI is InChI=1S/C10H10OS2/c1-6-2-3-9-10(7(6)4-11)8(12)5-13-9/h2-3,5,11-12H,4H2,1H3. The van der Waals surface area contributed by atoms with Gasteiger partial charge in [0.25, 0.3) is 0 Å². The fraction of sp³-hybridized carbons (Fsp3) is 0.200. The molecule has 3 heteroatoms. The molecule has 2 rings (SSSR count). The minimum Gasteiger partial charge on any atom is -0.392 e. The minimum atomic E-state index is 0.0907. The van der Waals surface area contributed by atoms with E-state index in [1.54, 1.807) is 11.3 Å². The number of thiophene rings is 1. The summed E-state index contributed by atoms with van der Waals surface area (Å²) in [5.41, 5.74) is 2.13. The summed E-state index contributed by atoms with van der Waals surface area (Å²) in [5, 5.41) is 12.3. The predicted molar refractivity (Wildman–Crippen MR) is 59.7 cm³/mol. The van der Waals surface area contributed by atoms with Gasteiger partial charge in [0.15, 0.2) is 0 Å². The highest BCUT2D eigenvalue weighted by Crippen LogP contribution is 2.33. The number of hydrogen-bond donors (Lipinski definition) is 2. The van der Waals surface area contributed by atoms with Gasteiger partial charge in [0.2, 0.25) is 0 Å². The molecule has 0 spiro atoms. The van der Waals surface area contributed by atoms with E-state index in [0.717, 1.165) is 21.4 Å². The van der Waals surface area contributed by atoms with Crippen LogP contribution in [0.1, 0.15) is 11.1 Å². The van der Waals surface area contributed by atoms with E-state index in [1.807, 2.05) is 18.4 Å². The van der Waals surface area contributed by atoms with Gasteiger partial charge in [-0.1, -0.05) is 6.07 Å². The molecule has 0 aliphatic heterocycles. The fourth-order valence-electron chi connectivity index (χ4n) is 1.49. The SMILES string of the molecule is Cc1ccc2scc(S)c2c1CO. The Labute approximate surface area is 86.4 Å². The second kappa shape index (κ2) is 3.33. The Kier molecular flexibility index (Phi) is 2.32. The van der Waals surface area contributed by atoms with Gasteiger partial charge in [-0.15, -0.1) is 24.0 Å². The summed E-state index contributed by atoms with van der Waals surface area (Å²) in [7, 11) is 0. The average molecular weight is 210 g/mol. The number of benzene rings is 1. The van der Waals surface area contributed by atoms with Crippen LogP contribution in [0.3, 0.4) is 0 Å². The lowest BCUT2D eigenvalue weighted by Gasteiger charge is -2.04. The van der Waals surface area contributed by atoms with Gasteiger partial charge >= 0.3 is 0 Å². The smallest absolute Gasteiger partial charge is 0.0691 e. The van der Waals surface area contributed by atoms with Gasteiger partial charge in [-0.05, 0) is 24.1 Å². The van der Waals surface area contributed by atoms with E-state index < -0.39 is 0 Å². The number of aliphatic hydroxyl groups is 1. The van der Waals surface area contributed by atoms with Gasteiger partial charge in [-0.2, -0.15) is 0 Å². The molecule has 0 aliphatic rings. The maximum Gasteiger partial charge on any atom is 0.0691 e. The molecule has 1 aromatic carbocycles. The lowest BCUT2D eigenvalue weighted by atomic mass is 10.1. The molecule has 0 saturated carbocycles. The molecule has 13 heavy (non-hydrogen) atoms. The Morgan fingerprint density at radius 2 is 2.23 bits per heavy atom. The van der Waals surface area contributed by atoms with Crippen LogP contribution < -0.4 is 0 Å². The van der Waals surface area contributed by atoms with Gasteiger partial charge in [-0.3, -0.25) is 0 Å². The van der Waals surface area contributed by atoms with Crippen LogP contribution in [0.5, 0.6) is 0 Å². The molecule has 2 aromatic rings. The lowest BCUT2D eigenvalue weighted by Crippen LogP contribution is -1.88. The Bertz CT molecular complexity index is 445. The summed E-state index contributed by atoms with van der Waals surface area (Å²) in [4.78, 5) is 0.966. The summed E-state index contributed by atoms with van der Waals surface area (Å²) in [6.45, 7) is 2.10. The first-order chi connectivity index (χ1) is 6.24. The zero-order chi connectivity index (χ0) is 9.42. The number of aryl methyl sites for hydroxylation is 1. The number of aliphatic hydroxyl groups excluding tert-OH is 1. The first kappa shape index (κ1) is 9.06. The van der Waals surface area contributed by atoms with Crippen molar-refractivity contribution in [3.63, 3.8) is 0 Å². The second-order valence-electron chi connectivity index (χ2n) is 3.01. The topological polar surface area (TPSA) is 20.2 Å². The predicted octanol–water partition coefficient (Wildman–Crippen LogP) is 2.99. The van der Waals surface area contributed by atoms with E-state index in [0.29, 0.717) is 0 Å². The Morgan fingerprint density at radius 3 is 2.92 bits per heavy atom. The maximum atomic E-state index is 9.23. The Hall–Kier alpha value is -0.510. The van der Waals surface area contributed by atoms with Gasteiger partial charge in [-0.25, -0.2) is 0 Å². The minimum absolute atomic E-state index is 0.0907. The van der Waals surface area contributed by atoms with E-state index in [1.165, 1.54) is 4.70 Å². The van der Waals surface area contributed by atoms with Crippen molar-refractivity contribution in [2.75, 3.05) is 0 Å². The molecule has 0 radical (unpaired) electrons. The maximum absolute atomic E-state index is 9.23. The molecule has 1 N–H and O–H groups in total. The largest absolute Gasteiger partial charge is 0.392 e. The molecule has 0 atom stereocenters. The molecule has 68 valence electrons. The average Bonchev–Trinajstić information content (AvgIpc) is 2.49. The van der Waals surface area contributed by atoms with Crippen LogP contribution in [0, 0.1) is 6.92 Å². The van der Waals surface area contributed by atoms with Crippen molar-refractivity contribution in [1.82, 2.24) is 0 Å². The zero-order valence-corrected chi connectivity index (χ0v) is 8.95. The van der Waals surface area contributed by atoms with Crippen molar-refractivity contribution >= 4 is 34.1 Å². The Balaban J connectivity index is 2.88. The van der Waals surface area contributed by atoms with Crippen molar-refractivity contribution in [3.8, 4) is 0 Å². The monoisotopic (exact) mass is 210 g/mol. The van der Waals surface area contributed by atoms with E-state index in [-0.39, 0.29) is 6.61 Å². The molecule has 0 bridgehead atoms. The molecular weight excluding hydrogens is 200 g/mol. The molecule has 0 amide bonds. The van der Waals surface area contributed by atoms with Gasteiger partial charge in [0, 0.05) is 20.4 Å². The molecule has 1 aromatic heterocycles. The van der Waals surface area contributed by atoms with Crippen molar-refractivity contribution in [3.05, 3.63) is 28.6 Å². The van der Waals surface area contributed by atoms with E-state index in [2.05, 4.69) is 18.7 Å². The van der Waals surface area contributed by atoms with E-state index >= 15 is 0 Å². The number of rotatable bonds is 1. The molecule has 0 fully saturated rings. The van der Waals surface area contributed by atoms with Gasteiger partial charge in [0.1, 0.15) is 0 Å². The van der Waals surface area contributed by atoms with Crippen LogP contribution >= 0.6 is 24.0 Å². The van der Waals surface area contributed by atoms with Crippen LogP contribution in [0.4, 0.5) is 0 Å². The normalized spacial score (nSPS) is 11.0. The first-order valence-electron chi connectivity index (χ1n) is 4.03. The fourth-order valence-corrected chi connectivity index (χ4v) is 2.83. The summed E-state index contributed by atoms with van der Waals surface area (Å²) in [6.07, 6.45) is 0. The van der Waals surface area contributed by atoms with Crippen LogP contribution in [0.25, 0.3) is 10.1 Å². The third-order valence-electron chi connectivity index (χ3n) is 2.22. The van der Waals surface area contributed by atoms with Crippen molar-refractivity contribution in [2.24, 2.45) is 0 Å². The molecule has 0 saturated heterocycles. The summed E-state index contributed by atoms with van der Waals surface area (Å²) >= 11 is 6.04. The molecule has 1 nitrogen and oxygen atoms in total. The van der Waals surface area contributed by atoms with Crippen LogP contribution in [0.15, 0.2) is 22.4 Å². The highest BCUT2D eigenvalue weighted by Gasteiger charge is 2.07. The van der Waals surface area contributed by atoms with Crippen molar-refractivity contribution in [1.29, 1.82) is 0 Å². The second-order valence-corrected chi connectivity index (χ2v) is 4.41. The Morgan fingerprint density at radius 1 is 1.46 bits per heavy atom. The summed E-state index contributed by atoms with van der Waals surface area (Å²) in [5.74, 6) is 0. The quantitative estimate of drug-likeness (QED) is 0.693. The number of hydrogen-bond acceptors (Lipinski definition) is 3. The van der Waals surface area contributed by atoms with Crippen LogP contribution in [-0.2, 0) is 6.61 Å². The highest BCUT2D eigenvalue weighted by molar-refractivity contribution is 7.80. The molecule has 0 unspecified atom stereocenters. The van der Waals surface area contributed by atoms with Crippen molar-refractivity contribution in [2.45, 2.75) is 18.4 Å². The van der Waals surface area contributed by atoms with Crippen LogP contribution in [0.2, 0.25) is 0 Å². The third kappa shape index (κ3) is 1.37. The zero-order valence-electron chi connectivity index (χ0n) is 7.24. The number of fused-ring (bicyclic) bond motifs is 1. The van der Waals surface area contributed by atoms with E-state index in [9.17, 15) is 5.11 Å². The molecule has 1 heterocycles. The highest BCUT2D eigenvalue weighted by atomic mass is 32.1. The lowest BCUT2D eigenvalue weighted by molar-refractivity contribution is 0.282. The van der Waals surface area contributed by atoms with Crippen molar-refractivity contribution < 1.29 is 5.11 Å². The first-order valence-corrected chi connectivity index (χ1v) is 5.36.